The van der Waals surface area contributed by atoms with E-state index in [9.17, 15) is 10.1 Å². The number of hydrogen-bond acceptors (Lipinski definition) is 4. The highest BCUT2D eigenvalue weighted by atomic mass is 35.5. The quantitative estimate of drug-likeness (QED) is 0.319. The summed E-state index contributed by atoms with van der Waals surface area (Å²) in [6, 6.07) is 23.6. The number of nitrogens with one attached hydrogen (secondary N) is 1. The Morgan fingerprint density at radius 2 is 1.86 bits per heavy atom. The summed E-state index contributed by atoms with van der Waals surface area (Å²) >= 11 is 7.54. The van der Waals surface area contributed by atoms with Crippen LogP contribution in [0, 0.1) is 25.2 Å². The van der Waals surface area contributed by atoms with Gasteiger partial charge in [0.25, 0.3) is 5.91 Å². The van der Waals surface area contributed by atoms with Crippen LogP contribution in [0.3, 0.4) is 0 Å². The van der Waals surface area contributed by atoms with Gasteiger partial charge in [0.1, 0.15) is 0 Å². The van der Waals surface area contributed by atoms with Crippen LogP contribution in [0.5, 0.6) is 0 Å². The van der Waals surface area contributed by atoms with Crippen molar-refractivity contribution < 1.29 is 4.79 Å². The SMILES string of the molecule is Cc1c(Cl)cccc1N=C1NC(=O)/C(=C\c2c(C)n(Cc3ccccc3C#N)c3ccccc23)S1. The molecule has 0 bridgehead atoms. The van der Waals surface area contributed by atoms with E-state index in [-0.39, 0.29) is 5.91 Å². The van der Waals surface area contributed by atoms with Gasteiger partial charge in [0, 0.05) is 33.7 Å². The first-order chi connectivity index (χ1) is 17.0. The van der Waals surface area contributed by atoms with Gasteiger partial charge in [-0.15, -0.1) is 0 Å². The Kier molecular flexibility index (Phi) is 6.21. The molecule has 0 radical (unpaired) electrons. The van der Waals surface area contributed by atoms with E-state index < -0.39 is 0 Å². The molecular formula is C28H21ClN4OS. The zero-order chi connectivity index (χ0) is 24.5. The molecule has 0 aliphatic carbocycles. The Labute approximate surface area is 212 Å². The third-order valence-electron chi connectivity index (χ3n) is 6.13. The Bertz CT molecular complexity index is 1590. The number of aliphatic imine (C=N–C) groups is 1. The van der Waals surface area contributed by atoms with Gasteiger partial charge >= 0.3 is 0 Å². The number of fused-ring (bicyclic) bond motifs is 1. The number of halogens is 1. The van der Waals surface area contributed by atoms with Gasteiger partial charge in [-0.05, 0) is 67.1 Å². The highest BCUT2D eigenvalue weighted by molar-refractivity contribution is 8.18. The number of aromatic nitrogens is 1. The van der Waals surface area contributed by atoms with Crippen molar-refractivity contribution in [3.05, 3.63) is 105 Å². The number of hydrogen-bond donors (Lipinski definition) is 1. The van der Waals surface area contributed by atoms with Crippen LogP contribution in [0.4, 0.5) is 5.69 Å². The standard InChI is InChI=1S/C28H21ClN4OS/c1-17-23(29)11-7-12-24(17)31-28-32-27(34)26(35-28)14-22-18(2)33(25-13-6-5-10-21(22)25)16-20-9-4-3-8-19(20)15-30/h3-14H,16H2,1-2H3,(H,31,32,34)/b26-14+. The van der Waals surface area contributed by atoms with Gasteiger partial charge in [0.15, 0.2) is 5.17 Å². The summed E-state index contributed by atoms with van der Waals surface area (Å²) in [5.41, 5.74) is 6.26. The topological polar surface area (TPSA) is 70.2 Å². The number of amides is 1. The molecule has 0 spiro atoms. The van der Waals surface area contributed by atoms with Crippen molar-refractivity contribution in [1.82, 2.24) is 9.88 Å². The normalized spacial score (nSPS) is 15.7. The summed E-state index contributed by atoms with van der Waals surface area (Å²) in [5.74, 6) is -0.181. The molecule has 1 saturated heterocycles. The van der Waals surface area contributed by atoms with Gasteiger partial charge in [-0.2, -0.15) is 5.26 Å². The Morgan fingerprint density at radius 3 is 2.69 bits per heavy atom. The van der Waals surface area contributed by atoms with E-state index >= 15 is 0 Å². The summed E-state index contributed by atoms with van der Waals surface area (Å²) in [7, 11) is 0. The first-order valence-electron chi connectivity index (χ1n) is 11.1. The zero-order valence-corrected chi connectivity index (χ0v) is 20.7. The molecular weight excluding hydrogens is 476 g/mol. The molecule has 172 valence electrons. The maximum absolute atomic E-state index is 12.8. The monoisotopic (exact) mass is 496 g/mol. The highest BCUT2D eigenvalue weighted by Gasteiger charge is 2.25. The van der Waals surface area contributed by atoms with Gasteiger partial charge in [0.05, 0.1) is 22.2 Å². The number of para-hydroxylation sites is 1. The lowest BCUT2D eigenvalue weighted by atomic mass is 10.1. The number of benzene rings is 3. The summed E-state index contributed by atoms with van der Waals surface area (Å²) in [6.07, 6.45) is 1.93. The minimum atomic E-state index is -0.181. The van der Waals surface area contributed by atoms with Gasteiger partial charge in [0.2, 0.25) is 0 Å². The summed E-state index contributed by atoms with van der Waals surface area (Å²) < 4.78 is 2.19. The zero-order valence-electron chi connectivity index (χ0n) is 19.2. The van der Waals surface area contributed by atoms with Crippen molar-refractivity contribution in [1.29, 1.82) is 5.26 Å². The summed E-state index contributed by atoms with van der Waals surface area (Å²) in [4.78, 5) is 18.0. The summed E-state index contributed by atoms with van der Waals surface area (Å²) in [6.45, 7) is 4.52. The second-order valence-corrected chi connectivity index (χ2v) is 9.67. The number of nitrogens with zero attached hydrogens (tertiary/aromatic N) is 3. The fourth-order valence-electron chi connectivity index (χ4n) is 4.22. The van der Waals surface area contributed by atoms with E-state index in [0.29, 0.717) is 27.2 Å². The molecule has 1 amide bonds. The molecule has 35 heavy (non-hydrogen) atoms. The number of rotatable bonds is 4. The van der Waals surface area contributed by atoms with Crippen LogP contribution in [0.25, 0.3) is 17.0 Å². The number of carbonyl (C=O) groups is 1. The van der Waals surface area contributed by atoms with Crippen LogP contribution >= 0.6 is 23.4 Å². The number of carbonyl (C=O) groups excluding carboxylic acids is 1. The van der Waals surface area contributed by atoms with E-state index in [0.717, 1.165) is 39.0 Å². The molecule has 0 unspecified atom stereocenters. The Balaban J connectivity index is 1.54. The van der Waals surface area contributed by atoms with E-state index in [1.165, 1.54) is 11.8 Å². The fraction of sp³-hybridized carbons (Fsp3) is 0.107. The van der Waals surface area contributed by atoms with E-state index in [4.69, 9.17) is 11.6 Å². The predicted octanol–water partition coefficient (Wildman–Crippen LogP) is 6.72. The van der Waals surface area contributed by atoms with E-state index in [2.05, 4.69) is 33.1 Å². The summed E-state index contributed by atoms with van der Waals surface area (Å²) in [5, 5.41) is 14.6. The molecule has 5 rings (SSSR count). The third kappa shape index (κ3) is 4.37. The molecule has 1 fully saturated rings. The second kappa shape index (κ2) is 9.46. The maximum atomic E-state index is 12.8. The molecule has 2 heterocycles. The van der Waals surface area contributed by atoms with Crippen LogP contribution in [-0.4, -0.2) is 15.6 Å². The number of nitriles is 1. The Hall–Kier alpha value is -3.79. The van der Waals surface area contributed by atoms with Crippen LogP contribution in [0.2, 0.25) is 5.02 Å². The first kappa shape index (κ1) is 23.0. The molecule has 1 aliphatic rings. The van der Waals surface area contributed by atoms with Crippen molar-refractivity contribution in [2.45, 2.75) is 20.4 Å². The van der Waals surface area contributed by atoms with Gasteiger partial charge in [-0.25, -0.2) is 4.99 Å². The first-order valence-corrected chi connectivity index (χ1v) is 12.3. The molecule has 1 aliphatic heterocycles. The highest BCUT2D eigenvalue weighted by Crippen LogP contribution is 2.34. The van der Waals surface area contributed by atoms with Crippen molar-refractivity contribution in [2.75, 3.05) is 0 Å². The van der Waals surface area contributed by atoms with Crippen LogP contribution in [0.15, 0.2) is 76.6 Å². The molecule has 3 aromatic carbocycles. The van der Waals surface area contributed by atoms with Crippen LogP contribution in [0.1, 0.15) is 27.9 Å². The van der Waals surface area contributed by atoms with Crippen molar-refractivity contribution in [3.8, 4) is 6.07 Å². The molecule has 1 N–H and O–H groups in total. The third-order valence-corrected chi connectivity index (χ3v) is 7.45. The minimum Gasteiger partial charge on any atom is -0.340 e. The van der Waals surface area contributed by atoms with Crippen LogP contribution in [-0.2, 0) is 11.3 Å². The van der Waals surface area contributed by atoms with Crippen molar-refractivity contribution >= 4 is 57.1 Å². The smallest absolute Gasteiger partial charge is 0.264 e. The van der Waals surface area contributed by atoms with Crippen LogP contribution < -0.4 is 5.32 Å². The lowest BCUT2D eigenvalue weighted by molar-refractivity contribution is -0.115. The minimum absolute atomic E-state index is 0.181. The molecule has 7 heteroatoms. The van der Waals surface area contributed by atoms with E-state index in [1.54, 1.807) is 0 Å². The fourth-order valence-corrected chi connectivity index (χ4v) is 5.21. The van der Waals surface area contributed by atoms with Gasteiger partial charge in [-0.3, -0.25) is 4.79 Å². The van der Waals surface area contributed by atoms with Crippen molar-refractivity contribution in [2.24, 2.45) is 4.99 Å². The average Bonchev–Trinajstić information content (AvgIpc) is 3.34. The molecule has 0 saturated carbocycles. The molecule has 1 aromatic heterocycles. The largest absolute Gasteiger partial charge is 0.340 e. The lowest BCUT2D eigenvalue weighted by Gasteiger charge is -2.10. The van der Waals surface area contributed by atoms with Crippen molar-refractivity contribution in [3.63, 3.8) is 0 Å². The average molecular weight is 497 g/mol. The van der Waals surface area contributed by atoms with E-state index in [1.807, 2.05) is 74.5 Å². The molecule has 4 aromatic rings. The Morgan fingerprint density at radius 1 is 1.09 bits per heavy atom. The molecule has 5 nitrogen and oxygen atoms in total. The van der Waals surface area contributed by atoms with Gasteiger partial charge < -0.3 is 9.88 Å². The maximum Gasteiger partial charge on any atom is 0.264 e. The number of thioether (sulfide) groups is 1. The second-order valence-electron chi connectivity index (χ2n) is 8.24. The number of amidine groups is 1. The predicted molar refractivity (Wildman–Crippen MR) is 144 cm³/mol. The lowest BCUT2D eigenvalue weighted by Crippen LogP contribution is -2.19. The van der Waals surface area contributed by atoms with Gasteiger partial charge in [-0.1, -0.05) is 54.1 Å². The molecule has 0 atom stereocenters.